The molecule has 0 aliphatic carbocycles. The molecule has 0 aliphatic heterocycles. The molecule has 0 fully saturated rings. The van der Waals surface area contributed by atoms with Gasteiger partial charge in [-0.2, -0.15) is 0 Å². The van der Waals surface area contributed by atoms with Crippen LogP contribution in [0.1, 0.15) is 17.2 Å². The molecule has 0 spiro atoms. The third-order valence-electron chi connectivity index (χ3n) is 4.15. The minimum Gasteiger partial charge on any atom is -0.489 e. The van der Waals surface area contributed by atoms with Gasteiger partial charge >= 0.3 is 0 Å². The Balaban J connectivity index is 1.62. The van der Waals surface area contributed by atoms with E-state index in [1.807, 2.05) is 36.4 Å². The molecule has 0 aromatic heterocycles. The Labute approximate surface area is 169 Å². The van der Waals surface area contributed by atoms with Crippen molar-refractivity contribution in [2.45, 2.75) is 12.1 Å². The first-order valence-electron chi connectivity index (χ1n) is 8.72. The van der Waals surface area contributed by atoms with Crippen LogP contribution in [0, 0.1) is 0 Å². The Bertz CT molecular complexity index is 804. The van der Waals surface area contributed by atoms with Crippen molar-refractivity contribution in [3.8, 4) is 5.75 Å². The largest absolute Gasteiger partial charge is 0.489 e. The third-order valence-corrected chi connectivity index (χ3v) is 4.70. The van der Waals surface area contributed by atoms with E-state index < -0.39 is 6.10 Å². The third kappa shape index (κ3) is 5.72. The molecule has 0 bridgehead atoms. The topological polar surface area (TPSA) is 41.5 Å². The Morgan fingerprint density at radius 3 is 2.04 bits per heavy atom. The van der Waals surface area contributed by atoms with Crippen LogP contribution in [-0.2, 0) is 0 Å². The number of halogens is 2. The molecule has 0 saturated carbocycles. The van der Waals surface area contributed by atoms with Crippen LogP contribution in [-0.4, -0.2) is 24.4 Å². The van der Waals surface area contributed by atoms with Gasteiger partial charge in [0.25, 0.3) is 0 Å². The van der Waals surface area contributed by atoms with Crippen LogP contribution in [0.3, 0.4) is 0 Å². The first-order chi connectivity index (χ1) is 13.1. The summed E-state index contributed by atoms with van der Waals surface area (Å²) in [6, 6.07) is 25.3. The summed E-state index contributed by atoms with van der Waals surface area (Å²) in [6.45, 7) is 0.482. The van der Waals surface area contributed by atoms with E-state index in [4.69, 9.17) is 27.9 Å². The fourth-order valence-electron chi connectivity index (χ4n) is 2.81. The highest BCUT2D eigenvalue weighted by atomic mass is 35.5. The average molecular weight is 402 g/mol. The quantitative estimate of drug-likeness (QED) is 0.550. The van der Waals surface area contributed by atoms with Gasteiger partial charge in [0.1, 0.15) is 18.5 Å². The highest BCUT2D eigenvalue weighted by Gasteiger charge is 2.15. The highest BCUT2D eigenvalue weighted by molar-refractivity contribution is 6.34. The lowest BCUT2D eigenvalue weighted by Gasteiger charge is -2.22. The van der Waals surface area contributed by atoms with E-state index in [0.717, 1.165) is 11.1 Å². The Hall–Kier alpha value is -2.04. The van der Waals surface area contributed by atoms with Gasteiger partial charge in [0, 0.05) is 17.6 Å². The zero-order valence-corrected chi connectivity index (χ0v) is 16.2. The van der Waals surface area contributed by atoms with Crippen molar-refractivity contribution < 1.29 is 9.84 Å². The summed E-state index contributed by atoms with van der Waals surface area (Å²) in [5.41, 5.74) is 2.27. The maximum absolute atomic E-state index is 10.3. The summed E-state index contributed by atoms with van der Waals surface area (Å²) in [7, 11) is 0. The molecule has 0 radical (unpaired) electrons. The van der Waals surface area contributed by atoms with Crippen LogP contribution in [0.15, 0.2) is 78.9 Å². The van der Waals surface area contributed by atoms with Gasteiger partial charge in [0.2, 0.25) is 0 Å². The van der Waals surface area contributed by atoms with Gasteiger partial charge in [-0.05, 0) is 23.3 Å². The van der Waals surface area contributed by atoms with E-state index in [1.54, 1.807) is 18.2 Å². The molecular weight excluding hydrogens is 381 g/mol. The molecule has 0 amide bonds. The predicted molar refractivity (Wildman–Crippen MR) is 111 cm³/mol. The lowest BCUT2D eigenvalue weighted by Crippen LogP contribution is -2.34. The fourth-order valence-corrected chi connectivity index (χ4v) is 3.14. The van der Waals surface area contributed by atoms with Crippen LogP contribution >= 0.6 is 23.2 Å². The first-order valence-corrected chi connectivity index (χ1v) is 9.48. The van der Waals surface area contributed by atoms with Gasteiger partial charge in [0.05, 0.1) is 11.1 Å². The van der Waals surface area contributed by atoms with Crippen molar-refractivity contribution in [1.82, 2.24) is 5.32 Å². The van der Waals surface area contributed by atoms with E-state index in [9.17, 15) is 5.11 Å². The Morgan fingerprint density at radius 2 is 1.44 bits per heavy atom. The van der Waals surface area contributed by atoms with Gasteiger partial charge in [0.15, 0.2) is 0 Å². The molecule has 0 saturated heterocycles. The zero-order valence-electron chi connectivity index (χ0n) is 14.7. The van der Waals surface area contributed by atoms with Crippen molar-refractivity contribution in [3.05, 3.63) is 100 Å². The van der Waals surface area contributed by atoms with E-state index >= 15 is 0 Å². The number of nitrogens with one attached hydrogen (secondary N) is 1. The first kappa shape index (κ1) is 19.7. The molecule has 0 aliphatic rings. The summed E-state index contributed by atoms with van der Waals surface area (Å²) in [4.78, 5) is 0. The lowest BCUT2D eigenvalue weighted by molar-refractivity contribution is 0.105. The molecule has 1 unspecified atom stereocenters. The molecule has 3 aromatic rings. The lowest BCUT2D eigenvalue weighted by atomic mass is 9.98. The van der Waals surface area contributed by atoms with Gasteiger partial charge in [-0.3, -0.25) is 0 Å². The van der Waals surface area contributed by atoms with Crippen molar-refractivity contribution in [2.24, 2.45) is 0 Å². The summed E-state index contributed by atoms with van der Waals surface area (Å²) >= 11 is 12.0. The summed E-state index contributed by atoms with van der Waals surface area (Å²) in [5.74, 6) is 0.464. The van der Waals surface area contributed by atoms with Crippen LogP contribution in [0.2, 0.25) is 10.0 Å². The second kappa shape index (κ2) is 9.77. The predicted octanol–water partition coefficient (Wildman–Crippen LogP) is 5.11. The second-order valence-corrected chi connectivity index (χ2v) is 7.05. The van der Waals surface area contributed by atoms with Crippen molar-refractivity contribution >= 4 is 23.2 Å². The highest BCUT2D eigenvalue weighted by Crippen LogP contribution is 2.28. The van der Waals surface area contributed by atoms with Crippen molar-refractivity contribution in [1.29, 1.82) is 0 Å². The minimum atomic E-state index is -0.699. The molecule has 3 rings (SSSR count). The van der Waals surface area contributed by atoms with Gasteiger partial charge in [-0.15, -0.1) is 0 Å². The molecule has 0 heterocycles. The van der Waals surface area contributed by atoms with Crippen LogP contribution in [0.5, 0.6) is 5.75 Å². The number of rotatable bonds is 8. The summed E-state index contributed by atoms with van der Waals surface area (Å²) in [5, 5.41) is 14.8. The molecule has 3 nitrogen and oxygen atoms in total. The monoisotopic (exact) mass is 401 g/mol. The normalized spacial score (nSPS) is 12.1. The van der Waals surface area contributed by atoms with Crippen molar-refractivity contribution in [2.75, 3.05) is 13.2 Å². The smallest absolute Gasteiger partial charge is 0.139 e. The number of hydrogen-bond acceptors (Lipinski definition) is 3. The average Bonchev–Trinajstić information content (AvgIpc) is 2.70. The molecule has 5 heteroatoms. The Morgan fingerprint density at radius 1 is 0.852 bits per heavy atom. The fraction of sp³-hybridized carbons (Fsp3) is 0.182. The maximum Gasteiger partial charge on any atom is 0.139 e. The van der Waals surface area contributed by atoms with E-state index in [-0.39, 0.29) is 12.6 Å². The SMILES string of the molecule is OC(CNC(c1ccccc1)c1ccccc1)COc1cc(Cl)ccc1Cl. The van der Waals surface area contributed by atoms with E-state index in [2.05, 4.69) is 29.6 Å². The number of hydrogen-bond donors (Lipinski definition) is 2. The molecule has 2 N–H and O–H groups in total. The number of aliphatic hydroxyl groups excluding tert-OH is 1. The van der Waals surface area contributed by atoms with E-state index in [1.165, 1.54) is 0 Å². The zero-order chi connectivity index (χ0) is 19.1. The van der Waals surface area contributed by atoms with Gasteiger partial charge in [-0.25, -0.2) is 0 Å². The molecule has 3 aromatic carbocycles. The molecule has 1 atom stereocenters. The summed E-state index contributed by atoms with van der Waals surface area (Å²) < 4.78 is 5.62. The number of ether oxygens (including phenoxy) is 1. The van der Waals surface area contributed by atoms with Crippen molar-refractivity contribution in [3.63, 3.8) is 0 Å². The van der Waals surface area contributed by atoms with Crippen LogP contribution < -0.4 is 10.1 Å². The number of benzene rings is 3. The van der Waals surface area contributed by atoms with Gasteiger partial charge < -0.3 is 15.2 Å². The molecule has 27 heavy (non-hydrogen) atoms. The second-order valence-electron chi connectivity index (χ2n) is 6.20. The minimum absolute atomic E-state index is 0.0168. The van der Waals surface area contributed by atoms with Gasteiger partial charge in [-0.1, -0.05) is 83.9 Å². The van der Waals surface area contributed by atoms with Crippen LogP contribution in [0.25, 0.3) is 0 Å². The van der Waals surface area contributed by atoms with E-state index in [0.29, 0.717) is 22.3 Å². The number of aliphatic hydroxyl groups is 1. The molecular formula is C22H21Cl2NO2. The molecule has 140 valence electrons. The summed E-state index contributed by atoms with van der Waals surface area (Å²) in [6.07, 6.45) is -0.699. The maximum atomic E-state index is 10.3. The standard InChI is InChI=1S/C22H21Cl2NO2/c23-18-11-12-20(24)21(13-18)27-15-19(26)14-25-22(16-7-3-1-4-8-16)17-9-5-2-6-10-17/h1-13,19,22,25-26H,14-15H2. The Kier molecular flexibility index (Phi) is 7.13. The van der Waals surface area contributed by atoms with Crippen LogP contribution in [0.4, 0.5) is 0 Å².